The molecule has 0 N–H and O–H groups in total. The van der Waals surface area contributed by atoms with Gasteiger partial charge in [-0.05, 0) is 44.6 Å². The largest absolute Gasteiger partial charge is 0.494 e. The summed E-state index contributed by atoms with van der Waals surface area (Å²) in [5.74, 6) is 0.552. The van der Waals surface area contributed by atoms with Crippen molar-refractivity contribution in [3.05, 3.63) is 29.8 Å². The van der Waals surface area contributed by atoms with Crippen molar-refractivity contribution >= 4 is 12.6 Å². The highest BCUT2D eigenvalue weighted by molar-refractivity contribution is 6.62. The molecule has 1 aliphatic rings. The van der Waals surface area contributed by atoms with Crippen LogP contribution in [0.2, 0.25) is 0 Å². The van der Waals surface area contributed by atoms with Crippen LogP contribution in [0, 0.1) is 5.92 Å². The van der Waals surface area contributed by atoms with Gasteiger partial charge < -0.3 is 14.0 Å². The second kappa shape index (κ2) is 6.11. The van der Waals surface area contributed by atoms with Gasteiger partial charge in [-0.25, -0.2) is 0 Å². The van der Waals surface area contributed by atoms with E-state index in [4.69, 9.17) is 14.0 Å². The zero-order chi connectivity index (χ0) is 15.7. The Morgan fingerprint density at radius 2 is 1.71 bits per heavy atom. The van der Waals surface area contributed by atoms with Gasteiger partial charge in [0.2, 0.25) is 0 Å². The molecular weight excluding hydrogens is 263 g/mol. The van der Waals surface area contributed by atoms with E-state index < -0.39 is 0 Å². The molecule has 1 aromatic rings. The van der Waals surface area contributed by atoms with Gasteiger partial charge in [-0.15, -0.1) is 0 Å². The van der Waals surface area contributed by atoms with Crippen LogP contribution in [0.5, 0.6) is 0 Å². The van der Waals surface area contributed by atoms with Gasteiger partial charge in [0.25, 0.3) is 0 Å². The van der Waals surface area contributed by atoms with Crippen molar-refractivity contribution in [3.8, 4) is 0 Å². The molecule has 0 amide bonds. The van der Waals surface area contributed by atoms with Crippen LogP contribution in [0.15, 0.2) is 24.3 Å². The average molecular weight is 290 g/mol. The molecule has 0 radical (unpaired) electrons. The van der Waals surface area contributed by atoms with Crippen LogP contribution < -0.4 is 5.46 Å². The molecule has 0 saturated carbocycles. The molecule has 0 atom stereocenters. The van der Waals surface area contributed by atoms with Crippen LogP contribution in [0.3, 0.4) is 0 Å². The predicted molar refractivity (Wildman–Crippen MR) is 86.7 cm³/mol. The summed E-state index contributed by atoms with van der Waals surface area (Å²) in [6, 6.07) is 8.28. The molecular formula is C17H27BO3. The molecule has 1 fully saturated rings. The minimum atomic E-state index is -0.306. The van der Waals surface area contributed by atoms with Crippen LogP contribution in [0.4, 0.5) is 0 Å². The summed E-state index contributed by atoms with van der Waals surface area (Å²) in [6.07, 6.45) is 0. The van der Waals surface area contributed by atoms with E-state index >= 15 is 0 Å². The molecule has 1 saturated heterocycles. The molecule has 4 heteroatoms. The summed E-state index contributed by atoms with van der Waals surface area (Å²) in [7, 11) is -0.306. The summed E-state index contributed by atoms with van der Waals surface area (Å²) >= 11 is 0. The second-order valence-electron chi connectivity index (χ2n) is 7.24. The Hall–Kier alpha value is -0.835. The SMILES string of the molecule is CC(C)COCc1cccc(B2OC(C)(C)C(C)(C)O2)c1. The Labute approximate surface area is 129 Å². The summed E-state index contributed by atoms with van der Waals surface area (Å²) < 4.78 is 17.9. The molecule has 1 aliphatic heterocycles. The highest BCUT2D eigenvalue weighted by Gasteiger charge is 2.51. The van der Waals surface area contributed by atoms with E-state index in [2.05, 4.69) is 53.7 Å². The van der Waals surface area contributed by atoms with E-state index in [1.54, 1.807) is 0 Å². The van der Waals surface area contributed by atoms with Crippen LogP contribution in [-0.2, 0) is 20.7 Å². The molecule has 0 bridgehead atoms. The van der Waals surface area contributed by atoms with Crippen LogP contribution >= 0.6 is 0 Å². The number of hydrogen-bond donors (Lipinski definition) is 0. The van der Waals surface area contributed by atoms with Crippen molar-refractivity contribution in [3.63, 3.8) is 0 Å². The van der Waals surface area contributed by atoms with Crippen molar-refractivity contribution < 1.29 is 14.0 Å². The van der Waals surface area contributed by atoms with Gasteiger partial charge in [0.15, 0.2) is 0 Å². The first kappa shape index (κ1) is 16.5. The number of ether oxygens (including phenoxy) is 1. The first-order chi connectivity index (χ1) is 9.71. The average Bonchev–Trinajstić information content (AvgIpc) is 2.58. The second-order valence-corrected chi connectivity index (χ2v) is 7.24. The third kappa shape index (κ3) is 3.88. The van der Waals surface area contributed by atoms with Crippen molar-refractivity contribution in [2.75, 3.05) is 6.61 Å². The molecule has 0 aliphatic carbocycles. The molecule has 0 spiro atoms. The predicted octanol–water partition coefficient (Wildman–Crippen LogP) is 3.16. The maximum atomic E-state index is 6.08. The van der Waals surface area contributed by atoms with E-state index in [1.165, 1.54) is 0 Å². The standard InChI is InChI=1S/C17H27BO3/c1-13(2)11-19-12-14-8-7-9-15(10-14)18-20-16(3,4)17(5,6)21-18/h7-10,13H,11-12H2,1-6H3. The fraction of sp³-hybridized carbons (Fsp3) is 0.647. The molecule has 0 unspecified atom stereocenters. The summed E-state index contributed by atoms with van der Waals surface area (Å²) in [6.45, 7) is 14.0. The Kier molecular flexibility index (Phi) is 4.81. The molecule has 0 aromatic heterocycles. The van der Waals surface area contributed by atoms with Crippen molar-refractivity contribution in [2.24, 2.45) is 5.92 Å². The molecule has 2 rings (SSSR count). The van der Waals surface area contributed by atoms with E-state index in [-0.39, 0.29) is 18.3 Å². The first-order valence-corrected chi connectivity index (χ1v) is 7.73. The Morgan fingerprint density at radius 1 is 1.10 bits per heavy atom. The Bertz CT molecular complexity index is 467. The van der Waals surface area contributed by atoms with E-state index in [1.807, 2.05) is 12.1 Å². The third-order valence-electron chi connectivity index (χ3n) is 4.20. The molecule has 1 aromatic carbocycles. The number of benzene rings is 1. The lowest BCUT2D eigenvalue weighted by atomic mass is 9.78. The lowest BCUT2D eigenvalue weighted by molar-refractivity contribution is 0.00578. The third-order valence-corrected chi connectivity index (χ3v) is 4.20. The minimum Gasteiger partial charge on any atom is -0.399 e. The van der Waals surface area contributed by atoms with Gasteiger partial charge >= 0.3 is 7.12 Å². The van der Waals surface area contributed by atoms with E-state index in [9.17, 15) is 0 Å². The van der Waals surface area contributed by atoms with Gasteiger partial charge in [0, 0.05) is 6.61 Å². The molecule has 21 heavy (non-hydrogen) atoms. The van der Waals surface area contributed by atoms with E-state index in [0.717, 1.165) is 17.6 Å². The lowest BCUT2D eigenvalue weighted by Gasteiger charge is -2.32. The monoisotopic (exact) mass is 290 g/mol. The zero-order valence-corrected chi connectivity index (χ0v) is 14.1. The van der Waals surface area contributed by atoms with Gasteiger partial charge in [-0.2, -0.15) is 0 Å². The molecule has 3 nitrogen and oxygen atoms in total. The highest BCUT2D eigenvalue weighted by atomic mass is 16.7. The topological polar surface area (TPSA) is 27.7 Å². The fourth-order valence-corrected chi connectivity index (χ4v) is 2.22. The summed E-state index contributed by atoms with van der Waals surface area (Å²) in [5.41, 5.74) is 1.60. The maximum Gasteiger partial charge on any atom is 0.494 e. The van der Waals surface area contributed by atoms with Crippen molar-refractivity contribution in [1.82, 2.24) is 0 Å². The lowest BCUT2D eigenvalue weighted by Crippen LogP contribution is -2.41. The van der Waals surface area contributed by atoms with Crippen LogP contribution in [-0.4, -0.2) is 24.9 Å². The number of rotatable bonds is 5. The smallest absolute Gasteiger partial charge is 0.399 e. The van der Waals surface area contributed by atoms with Gasteiger partial charge in [-0.1, -0.05) is 38.1 Å². The Morgan fingerprint density at radius 3 is 2.29 bits per heavy atom. The van der Waals surface area contributed by atoms with Gasteiger partial charge in [0.05, 0.1) is 17.8 Å². The first-order valence-electron chi connectivity index (χ1n) is 7.73. The van der Waals surface area contributed by atoms with E-state index in [0.29, 0.717) is 12.5 Å². The molecule has 116 valence electrons. The van der Waals surface area contributed by atoms with Crippen molar-refractivity contribution in [1.29, 1.82) is 0 Å². The quantitative estimate of drug-likeness (QED) is 0.780. The zero-order valence-electron chi connectivity index (χ0n) is 14.1. The molecule has 1 heterocycles. The normalized spacial score (nSPS) is 20.2. The fourth-order valence-electron chi connectivity index (χ4n) is 2.22. The number of hydrogen-bond acceptors (Lipinski definition) is 3. The highest BCUT2D eigenvalue weighted by Crippen LogP contribution is 2.36. The van der Waals surface area contributed by atoms with Gasteiger partial charge in [-0.3, -0.25) is 0 Å². The Balaban J connectivity index is 2.05. The van der Waals surface area contributed by atoms with Crippen LogP contribution in [0.1, 0.15) is 47.1 Å². The maximum absolute atomic E-state index is 6.08. The van der Waals surface area contributed by atoms with Crippen LogP contribution in [0.25, 0.3) is 0 Å². The van der Waals surface area contributed by atoms with Crippen molar-refractivity contribution in [2.45, 2.75) is 59.4 Å². The van der Waals surface area contributed by atoms with Gasteiger partial charge in [0.1, 0.15) is 0 Å². The summed E-state index contributed by atoms with van der Waals surface area (Å²) in [5, 5.41) is 0. The minimum absolute atomic E-state index is 0.304. The summed E-state index contributed by atoms with van der Waals surface area (Å²) in [4.78, 5) is 0.